The van der Waals surface area contributed by atoms with Gasteiger partial charge in [-0.25, -0.2) is 0 Å². The van der Waals surface area contributed by atoms with Crippen LogP contribution < -0.4 is 5.32 Å². The Morgan fingerprint density at radius 1 is 1.27 bits per heavy atom. The zero-order valence-electron chi connectivity index (χ0n) is 8.58. The van der Waals surface area contributed by atoms with Gasteiger partial charge in [0.15, 0.2) is 5.76 Å². The number of hydrogen-bond acceptors (Lipinski definition) is 3. The van der Waals surface area contributed by atoms with Crippen LogP contribution in [0.25, 0.3) is 11.3 Å². The van der Waals surface area contributed by atoms with Gasteiger partial charge in [-0.15, -0.1) is 0 Å². The molecule has 0 spiro atoms. The number of aryl methyl sites for hydroxylation is 2. The maximum atomic E-state index is 5.66. The Labute approximate surface area is 88.1 Å². The van der Waals surface area contributed by atoms with Crippen molar-refractivity contribution in [3.8, 4) is 11.3 Å². The summed E-state index contributed by atoms with van der Waals surface area (Å²) in [5.41, 5.74) is 3.61. The molecule has 0 amide bonds. The van der Waals surface area contributed by atoms with Gasteiger partial charge in [-0.1, -0.05) is 24.3 Å². The van der Waals surface area contributed by atoms with Gasteiger partial charge in [-0.05, 0) is 18.4 Å². The molecule has 0 unspecified atom stereocenters. The minimum absolute atomic E-state index is 0.608. The van der Waals surface area contributed by atoms with E-state index in [1.165, 1.54) is 11.1 Å². The van der Waals surface area contributed by atoms with E-state index < -0.39 is 0 Å². The first-order chi connectivity index (χ1) is 7.38. The number of oxazole rings is 1. The number of fused-ring (bicyclic) bond motifs is 3. The van der Waals surface area contributed by atoms with Crippen molar-refractivity contribution in [3.63, 3.8) is 0 Å². The Morgan fingerprint density at radius 2 is 2.13 bits per heavy atom. The number of anilines is 1. The molecule has 0 bridgehead atoms. The number of hydrogen-bond donors (Lipinski definition) is 1. The first kappa shape index (κ1) is 8.53. The van der Waals surface area contributed by atoms with Crippen molar-refractivity contribution in [2.45, 2.75) is 12.8 Å². The number of aromatic nitrogens is 1. The third-order valence-electron chi connectivity index (χ3n) is 2.80. The van der Waals surface area contributed by atoms with Gasteiger partial charge in [0.1, 0.15) is 0 Å². The number of benzene rings is 1. The molecule has 1 heterocycles. The highest BCUT2D eigenvalue weighted by Gasteiger charge is 2.21. The van der Waals surface area contributed by atoms with Crippen LogP contribution in [0.4, 0.5) is 6.01 Å². The lowest BCUT2D eigenvalue weighted by molar-refractivity contribution is 0.585. The van der Waals surface area contributed by atoms with Gasteiger partial charge in [0.2, 0.25) is 0 Å². The fraction of sp³-hybridized carbons (Fsp3) is 0.250. The summed E-state index contributed by atoms with van der Waals surface area (Å²) in [5.74, 6) is 0.932. The standard InChI is InChI=1S/C12H12N2O/c1-13-12-14-10-7-6-8-4-2-3-5-9(8)11(10)15-12/h2-5H,6-7H2,1H3,(H,13,14). The molecule has 1 N–H and O–H groups in total. The molecule has 1 aromatic carbocycles. The number of nitrogens with one attached hydrogen (secondary N) is 1. The van der Waals surface area contributed by atoms with Crippen LogP contribution in [0.5, 0.6) is 0 Å². The lowest BCUT2D eigenvalue weighted by Crippen LogP contribution is -2.02. The van der Waals surface area contributed by atoms with E-state index in [9.17, 15) is 0 Å². The highest BCUT2D eigenvalue weighted by Crippen LogP contribution is 2.34. The summed E-state index contributed by atoms with van der Waals surface area (Å²) in [6.45, 7) is 0. The van der Waals surface area contributed by atoms with Gasteiger partial charge < -0.3 is 9.73 Å². The molecule has 3 nitrogen and oxygen atoms in total. The largest absolute Gasteiger partial charge is 0.423 e. The number of nitrogens with zero attached hydrogens (tertiary/aromatic N) is 1. The van der Waals surface area contributed by atoms with Crippen molar-refractivity contribution < 1.29 is 4.42 Å². The van der Waals surface area contributed by atoms with Crippen molar-refractivity contribution in [1.29, 1.82) is 0 Å². The van der Waals surface area contributed by atoms with E-state index >= 15 is 0 Å². The summed E-state index contributed by atoms with van der Waals surface area (Å²) in [4.78, 5) is 4.39. The summed E-state index contributed by atoms with van der Waals surface area (Å²) in [6.07, 6.45) is 2.02. The number of rotatable bonds is 1. The quantitative estimate of drug-likeness (QED) is 0.768. The summed E-state index contributed by atoms with van der Waals surface area (Å²) in [6, 6.07) is 8.96. The second kappa shape index (κ2) is 3.12. The first-order valence-electron chi connectivity index (χ1n) is 5.14. The molecule has 0 atom stereocenters. The molecule has 3 heteroatoms. The van der Waals surface area contributed by atoms with Gasteiger partial charge in [-0.2, -0.15) is 4.98 Å². The molecule has 0 saturated carbocycles. The van der Waals surface area contributed by atoms with E-state index in [1.54, 1.807) is 0 Å². The Bertz CT molecular complexity index is 502. The summed E-state index contributed by atoms with van der Waals surface area (Å²) >= 11 is 0. The zero-order valence-corrected chi connectivity index (χ0v) is 8.58. The molecule has 2 aromatic rings. The predicted octanol–water partition coefficient (Wildman–Crippen LogP) is 2.48. The topological polar surface area (TPSA) is 38.1 Å². The van der Waals surface area contributed by atoms with Crippen LogP contribution in [-0.2, 0) is 12.8 Å². The average Bonchev–Trinajstić information content (AvgIpc) is 2.72. The molecule has 3 rings (SSSR count). The van der Waals surface area contributed by atoms with Crippen LogP contribution in [0.15, 0.2) is 28.7 Å². The Balaban J connectivity index is 2.20. The van der Waals surface area contributed by atoms with Crippen LogP contribution in [0.1, 0.15) is 11.3 Å². The van der Waals surface area contributed by atoms with E-state index in [2.05, 4.69) is 28.5 Å². The highest BCUT2D eigenvalue weighted by molar-refractivity contribution is 5.67. The van der Waals surface area contributed by atoms with Crippen molar-refractivity contribution in [1.82, 2.24) is 4.98 Å². The molecule has 76 valence electrons. The molecule has 0 aliphatic heterocycles. The maximum absolute atomic E-state index is 5.66. The molecule has 15 heavy (non-hydrogen) atoms. The van der Waals surface area contributed by atoms with Gasteiger partial charge in [0.05, 0.1) is 5.69 Å². The third-order valence-corrected chi connectivity index (χ3v) is 2.80. The Hall–Kier alpha value is -1.77. The van der Waals surface area contributed by atoms with E-state index in [0.29, 0.717) is 6.01 Å². The molecule has 0 fully saturated rings. The van der Waals surface area contributed by atoms with Gasteiger partial charge in [-0.3, -0.25) is 0 Å². The predicted molar refractivity (Wildman–Crippen MR) is 58.9 cm³/mol. The molecular formula is C12H12N2O. The zero-order chi connectivity index (χ0) is 10.3. The fourth-order valence-electron chi connectivity index (χ4n) is 2.05. The normalized spacial score (nSPS) is 13.1. The van der Waals surface area contributed by atoms with Crippen LogP contribution in [0, 0.1) is 0 Å². The van der Waals surface area contributed by atoms with Crippen molar-refractivity contribution in [3.05, 3.63) is 35.5 Å². The molecule has 0 radical (unpaired) electrons. The minimum Gasteiger partial charge on any atom is -0.423 e. The van der Waals surface area contributed by atoms with E-state index in [-0.39, 0.29) is 0 Å². The van der Waals surface area contributed by atoms with E-state index in [4.69, 9.17) is 4.42 Å². The highest BCUT2D eigenvalue weighted by atomic mass is 16.4. The smallest absolute Gasteiger partial charge is 0.295 e. The summed E-state index contributed by atoms with van der Waals surface area (Å²) in [7, 11) is 1.82. The maximum Gasteiger partial charge on any atom is 0.295 e. The average molecular weight is 200 g/mol. The van der Waals surface area contributed by atoms with Gasteiger partial charge in [0.25, 0.3) is 6.01 Å². The lowest BCUT2D eigenvalue weighted by atomic mass is 9.93. The Morgan fingerprint density at radius 3 is 3.00 bits per heavy atom. The fourth-order valence-corrected chi connectivity index (χ4v) is 2.05. The molecule has 1 aliphatic carbocycles. The summed E-state index contributed by atoms with van der Waals surface area (Å²) in [5, 5.41) is 2.94. The van der Waals surface area contributed by atoms with Gasteiger partial charge in [0, 0.05) is 12.6 Å². The molecular weight excluding hydrogens is 188 g/mol. The van der Waals surface area contributed by atoms with Crippen molar-refractivity contribution in [2.75, 3.05) is 12.4 Å². The first-order valence-corrected chi connectivity index (χ1v) is 5.14. The summed E-state index contributed by atoms with van der Waals surface area (Å²) < 4.78 is 5.66. The van der Waals surface area contributed by atoms with Crippen LogP contribution in [0.3, 0.4) is 0 Å². The second-order valence-electron chi connectivity index (χ2n) is 3.70. The van der Waals surface area contributed by atoms with Gasteiger partial charge >= 0.3 is 0 Å². The van der Waals surface area contributed by atoms with Crippen LogP contribution in [0.2, 0.25) is 0 Å². The minimum atomic E-state index is 0.608. The molecule has 1 aromatic heterocycles. The van der Waals surface area contributed by atoms with Crippen molar-refractivity contribution in [2.24, 2.45) is 0 Å². The molecule has 0 saturated heterocycles. The SMILES string of the molecule is CNc1nc2c(o1)-c1ccccc1CC2. The van der Waals surface area contributed by atoms with E-state index in [1.807, 2.05) is 13.1 Å². The second-order valence-corrected chi connectivity index (χ2v) is 3.70. The lowest BCUT2D eigenvalue weighted by Gasteiger charge is -2.12. The monoisotopic (exact) mass is 200 g/mol. The van der Waals surface area contributed by atoms with E-state index in [0.717, 1.165) is 24.3 Å². The van der Waals surface area contributed by atoms with Crippen LogP contribution in [-0.4, -0.2) is 12.0 Å². The van der Waals surface area contributed by atoms with Crippen LogP contribution >= 0.6 is 0 Å². The van der Waals surface area contributed by atoms with Crippen molar-refractivity contribution >= 4 is 6.01 Å². The third kappa shape index (κ3) is 1.23. The Kier molecular flexibility index (Phi) is 1.78. The molecule has 1 aliphatic rings.